The van der Waals surface area contributed by atoms with Gasteiger partial charge in [-0.3, -0.25) is 4.79 Å². The van der Waals surface area contributed by atoms with Gasteiger partial charge in [0.1, 0.15) is 17.2 Å². The zero-order valence-electron chi connectivity index (χ0n) is 15.0. The van der Waals surface area contributed by atoms with Gasteiger partial charge in [-0.2, -0.15) is 0 Å². The smallest absolute Gasteiger partial charge is 0.226 e. The van der Waals surface area contributed by atoms with Crippen LogP contribution in [0, 0.1) is 5.82 Å². The molecule has 0 bridgehead atoms. The number of carbonyl (C=O) groups excluding carboxylic acids is 1. The fourth-order valence-corrected chi connectivity index (χ4v) is 3.55. The van der Waals surface area contributed by atoms with Gasteiger partial charge in [-0.1, -0.05) is 12.1 Å². The van der Waals surface area contributed by atoms with E-state index in [1.165, 1.54) is 23.5 Å². The van der Waals surface area contributed by atoms with Gasteiger partial charge in [0.05, 0.1) is 6.54 Å². The third kappa shape index (κ3) is 4.23. The Bertz CT molecular complexity index is 1080. The number of nitrogens with one attached hydrogen (secondary N) is 1. The quantitative estimate of drug-likeness (QED) is 0.513. The average Bonchev–Trinajstić information content (AvgIpc) is 3.32. The average molecular weight is 395 g/mol. The maximum absolute atomic E-state index is 13.2. The third-order valence-electron chi connectivity index (χ3n) is 4.32. The first-order valence-electron chi connectivity index (χ1n) is 8.93. The molecule has 4 rings (SSSR count). The summed E-state index contributed by atoms with van der Waals surface area (Å²) in [5.74, 6) is 0.540. The number of pyridine rings is 1. The van der Waals surface area contributed by atoms with E-state index in [2.05, 4.69) is 20.3 Å². The molecule has 0 aliphatic heterocycles. The fourth-order valence-electron chi connectivity index (χ4n) is 3.01. The molecule has 0 saturated carbocycles. The van der Waals surface area contributed by atoms with E-state index in [1.807, 2.05) is 22.1 Å². The van der Waals surface area contributed by atoms with E-state index in [-0.39, 0.29) is 11.7 Å². The number of halogens is 1. The van der Waals surface area contributed by atoms with Gasteiger partial charge in [0.15, 0.2) is 10.8 Å². The molecule has 1 aromatic carbocycles. The second-order valence-electron chi connectivity index (χ2n) is 6.33. The van der Waals surface area contributed by atoms with E-state index in [1.54, 1.807) is 24.5 Å². The van der Waals surface area contributed by atoms with Gasteiger partial charge in [-0.15, -0.1) is 11.3 Å². The predicted octanol–water partition coefficient (Wildman–Crippen LogP) is 4.04. The molecule has 0 atom stereocenters. The van der Waals surface area contributed by atoms with Gasteiger partial charge >= 0.3 is 0 Å². The number of amides is 1. The van der Waals surface area contributed by atoms with Crippen molar-refractivity contribution < 1.29 is 9.18 Å². The van der Waals surface area contributed by atoms with E-state index < -0.39 is 0 Å². The number of aryl methyl sites for hydroxylation is 1. The molecular formula is C20H18FN5OS. The van der Waals surface area contributed by atoms with Gasteiger partial charge in [0.25, 0.3) is 0 Å². The van der Waals surface area contributed by atoms with Crippen molar-refractivity contribution in [2.45, 2.75) is 25.8 Å². The Morgan fingerprint density at radius 2 is 2.00 bits per heavy atom. The molecule has 3 heterocycles. The van der Waals surface area contributed by atoms with Gasteiger partial charge in [0, 0.05) is 30.6 Å². The fraction of sp³-hybridized carbons (Fsp3) is 0.200. The molecule has 0 saturated heterocycles. The number of anilines is 1. The predicted molar refractivity (Wildman–Crippen MR) is 107 cm³/mol. The molecule has 0 unspecified atom stereocenters. The van der Waals surface area contributed by atoms with Gasteiger partial charge < -0.3 is 9.88 Å². The minimum absolute atomic E-state index is 0.0609. The first kappa shape index (κ1) is 18.2. The highest BCUT2D eigenvalue weighted by Gasteiger charge is 2.13. The maximum Gasteiger partial charge on any atom is 0.226 e. The van der Waals surface area contributed by atoms with Crippen molar-refractivity contribution in [2.75, 3.05) is 5.32 Å². The Hall–Kier alpha value is -3.13. The standard InChI is InChI=1S/C20H18FN5OS/c21-15-8-6-14(7-9-15)13-26-17(24-16-3-2-10-22-19(16)26)4-1-5-18(27)25-20-23-11-12-28-20/h2-3,6-12H,1,4-5,13H2,(H,23,25,27). The van der Waals surface area contributed by atoms with Gasteiger partial charge in [0.2, 0.25) is 5.91 Å². The lowest BCUT2D eigenvalue weighted by molar-refractivity contribution is -0.116. The summed E-state index contributed by atoms with van der Waals surface area (Å²) in [5, 5.41) is 5.22. The van der Waals surface area contributed by atoms with Crippen LogP contribution in [0.1, 0.15) is 24.2 Å². The molecule has 6 nitrogen and oxygen atoms in total. The third-order valence-corrected chi connectivity index (χ3v) is 5.01. The van der Waals surface area contributed by atoms with Crippen molar-refractivity contribution in [3.8, 4) is 0 Å². The molecule has 1 N–H and O–H groups in total. The van der Waals surface area contributed by atoms with Gasteiger partial charge in [-0.25, -0.2) is 19.3 Å². The molecule has 0 aliphatic carbocycles. The van der Waals surface area contributed by atoms with E-state index in [9.17, 15) is 9.18 Å². The summed E-state index contributed by atoms with van der Waals surface area (Å²) >= 11 is 1.39. The molecule has 0 aliphatic rings. The summed E-state index contributed by atoms with van der Waals surface area (Å²) in [6.07, 6.45) is 5.07. The Morgan fingerprint density at radius 3 is 2.79 bits per heavy atom. The lowest BCUT2D eigenvalue weighted by Crippen LogP contribution is -2.12. The number of aromatic nitrogens is 4. The van der Waals surface area contributed by atoms with Crippen molar-refractivity contribution >= 4 is 33.5 Å². The first-order chi connectivity index (χ1) is 13.7. The SMILES string of the molecule is O=C(CCCc1nc2cccnc2n1Cc1ccc(F)cc1)Nc1nccs1. The summed E-state index contributed by atoms with van der Waals surface area (Å²) in [4.78, 5) is 25.2. The van der Waals surface area contributed by atoms with Crippen LogP contribution in [0.5, 0.6) is 0 Å². The van der Waals surface area contributed by atoms with Crippen molar-refractivity contribution in [1.82, 2.24) is 19.5 Å². The minimum atomic E-state index is -0.260. The number of fused-ring (bicyclic) bond motifs is 1. The Balaban J connectivity index is 1.48. The number of hydrogen-bond donors (Lipinski definition) is 1. The summed E-state index contributed by atoms with van der Waals surface area (Å²) in [6.45, 7) is 0.550. The van der Waals surface area contributed by atoms with Crippen LogP contribution >= 0.6 is 11.3 Å². The maximum atomic E-state index is 13.2. The van der Waals surface area contributed by atoms with Crippen LogP contribution in [0.3, 0.4) is 0 Å². The van der Waals surface area contributed by atoms with Crippen molar-refractivity contribution in [1.29, 1.82) is 0 Å². The second-order valence-corrected chi connectivity index (χ2v) is 7.22. The molecule has 0 fully saturated rings. The Morgan fingerprint density at radius 1 is 1.14 bits per heavy atom. The molecular weight excluding hydrogens is 377 g/mol. The van der Waals surface area contributed by atoms with Crippen LogP contribution < -0.4 is 5.32 Å². The summed E-state index contributed by atoms with van der Waals surface area (Å²) in [7, 11) is 0. The number of benzene rings is 1. The number of carbonyl (C=O) groups is 1. The van der Waals surface area contributed by atoms with Crippen molar-refractivity contribution in [2.24, 2.45) is 0 Å². The molecule has 1 amide bonds. The number of hydrogen-bond acceptors (Lipinski definition) is 5. The molecule has 142 valence electrons. The molecule has 28 heavy (non-hydrogen) atoms. The van der Waals surface area contributed by atoms with Gasteiger partial charge in [-0.05, 0) is 36.2 Å². The van der Waals surface area contributed by atoms with Crippen LogP contribution in [0.25, 0.3) is 11.2 Å². The topological polar surface area (TPSA) is 72.7 Å². The summed E-state index contributed by atoms with van der Waals surface area (Å²) in [6, 6.07) is 10.2. The van der Waals surface area contributed by atoms with Crippen molar-refractivity contribution in [3.05, 3.63) is 71.4 Å². The summed E-state index contributed by atoms with van der Waals surface area (Å²) in [5.41, 5.74) is 2.56. The van der Waals surface area contributed by atoms with Crippen LogP contribution in [-0.2, 0) is 17.8 Å². The lowest BCUT2D eigenvalue weighted by Gasteiger charge is -2.09. The number of imidazole rings is 1. The zero-order valence-corrected chi connectivity index (χ0v) is 15.8. The zero-order chi connectivity index (χ0) is 19.3. The van der Waals surface area contributed by atoms with Crippen LogP contribution in [0.4, 0.5) is 9.52 Å². The van der Waals surface area contributed by atoms with Crippen LogP contribution in [0.15, 0.2) is 54.2 Å². The Kier molecular flexibility index (Phi) is 5.38. The second kappa shape index (κ2) is 8.26. The van der Waals surface area contributed by atoms with E-state index in [4.69, 9.17) is 0 Å². The number of nitrogens with zero attached hydrogens (tertiary/aromatic N) is 4. The van der Waals surface area contributed by atoms with E-state index in [0.29, 0.717) is 30.9 Å². The van der Waals surface area contributed by atoms with Crippen molar-refractivity contribution in [3.63, 3.8) is 0 Å². The summed E-state index contributed by atoms with van der Waals surface area (Å²) < 4.78 is 15.2. The number of thiazole rings is 1. The molecule has 8 heteroatoms. The van der Waals surface area contributed by atoms with E-state index in [0.717, 1.165) is 22.6 Å². The highest BCUT2D eigenvalue weighted by Crippen LogP contribution is 2.18. The molecule has 4 aromatic rings. The largest absolute Gasteiger partial charge is 0.308 e. The molecule has 3 aromatic heterocycles. The van der Waals surface area contributed by atoms with Crippen LogP contribution in [0.2, 0.25) is 0 Å². The normalized spacial score (nSPS) is 11.0. The lowest BCUT2D eigenvalue weighted by atomic mass is 10.2. The highest BCUT2D eigenvalue weighted by molar-refractivity contribution is 7.13. The Labute approximate surface area is 165 Å². The molecule has 0 radical (unpaired) electrons. The van der Waals surface area contributed by atoms with E-state index >= 15 is 0 Å². The first-order valence-corrected chi connectivity index (χ1v) is 9.81. The van der Waals surface area contributed by atoms with Crippen LogP contribution in [-0.4, -0.2) is 25.4 Å². The molecule has 0 spiro atoms. The monoisotopic (exact) mass is 395 g/mol. The minimum Gasteiger partial charge on any atom is -0.308 e. The highest BCUT2D eigenvalue weighted by atomic mass is 32.1. The number of rotatable bonds is 7.